The van der Waals surface area contributed by atoms with Crippen molar-refractivity contribution in [3.05, 3.63) is 59.2 Å². The average molecular weight is 562 g/mol. The minimum absolute atomic E-state index is 0. The van der Waals surface area contributed by atoms with Gasteiger partial charge >= 0.3 is 0 Å². The number of hydrogen-bond acceptors (Lipinski definition) is 4. The van der Waals surface area contributed by atoms with Crippen LogP contribution in [0.5, 0.6) is 11.5 Å². The number of nitrogens with one attached hydrogen (secondary N) is 2. The van der Waals surface area contributed by atoms with E-state index < -0.39 is 11.6 Å². The second-order valence-corrected chi connectivity index (χ2v) is 6.88. The molecule has 6 nitrogen and oxygen atoms in total. The Morgan fingerprint density at radius 1 is 1.00 bits per heavy atom. The highest BCUT2D eigenvalue weighted by Gasteiger charge is 2.09. The van der Waals surface area contributed by atoms with Crippen molar-refractivity contribution in [1.29, 1.82) is 0 Å². The van der Waals surface area contributed by atoms with Gasteiger partial charge in [-0.1, -0.05) is 19.9 Å². The number of ether oxygens (including phenoxy) is 2. The lowest BCUT2D eigenvalue weighted by Gasteiger charge is -2.19. The summed E-state index contributed by atoms with van der Waals surface area (Å²) in [5.41, 5.74) is 1.20. The van der Waals surface area contributed by atoms with Gasteiger partial charge in [-0.05, 0) is 49.0 Å². The molecule has 0 saturated heterocycles. The molecule has 0 unspecified atom stereocenters. The first-order valence-electron chi connectivity index (χ1n) is 10.4. The Bertz CT molecular complexity index is 864. The van der Waals surface area contributed by atoms with E-state index in [9.17, 15) is 8.78 Å². The summed E-state index contributed by atoms with van der Waals surface area (Å²) in [7, 11) is 3.22. The maximum absolute atomic E-state index is 13.8. The Labute approximate surface area is 206 Å². The standard InChI is InChI=1S/C23H32F2N4O2.HI/c1-5-29(6-2)11-12-31-21-10-7-17(13-22(21)30-4)15-27-23(26-3)28-16-18-14-19(24)8-9-20(18)25;/h7-10,13-14H,5-6,11-12,15-16H2,1-4H3,(H2,26,27,28);1H. The molecule has 0 bridgehead atoms. The van der Waals surface area contributed by atoms with Crippen LogP contribution >= 0.6 is 24.0 Å². The lowest BCUT2D eigenvalue weighted by Crippen LogP contribution is -2.36. The topological polar surface area (TPSA) is 58.1 Å². The molecule has 0 spiro atoms. The number of benzene rings is 2. The van der Waals surface area contributed by atoms with Crippen LogP contribution in [0, 0.1) is 11.6 Å². The lowest BCUT2D eigenvalue weighted by atomic mass is 10.2. The van der Waals surface area contributed by atoms with E-state index in [4.69, 9.17) is 9.47 Å². The molecule has 178 valence electrons. The number of nitrogens with zero attached hydrogens (tertiary/aromatic N) is 2. The zero-order chi connectivity index (χ0) is 22.6. The molecule has 2 aromatic carbocycles. The third kappa shape index (κ3) is 8.78. The van der Waals surface area contributed by atoms with Crippen molar-refractivity contribution in [2.24, 2.45) is 4.99 Å². The number of hydrogen-bond donors (Lipinski definition) is 2. The number of aliphatic imine (C=N–C) groups is 1. The van der Waals surface area contributed by atoms with Crippen molar-refractivity contribution in [2.75, 3.05) is 40.4 Å². The molecule has 0 saturated carbocycles. The molecule has 32 heavy (non-hydrogen) atoms. The van der Waals surface area contributed by atoms with Gasteiger partial charge < -0.3 is 25.0 Å². The minimum Gasteiger partial charge on any atom is -0.493 e. The van der Waals surface area contributed by atoms with Gasteiger partial charge in [-0.2, -0.15) is 0 Å². The van der Waals surface area contributed by atoms with Crippen LogP contribution in [-0.2, 0) is 13.1 Å². The number of likely N-dealkylation sites (N-methyl/N-ethyl adjacent to an activating group) is 1. The smallest absolute Gasteiger partial charge is 0.191 e. The van der Waals surface area contributed by atoms with Crippen LogP contribution in [0.3, 0.4) is 0 Å². The van der Waals surface area contributed by atoms with Crippen LogP contribution in [0.15, 0.2) is 41.4 Å². The summed E-state index contributed by atoms with van der Waals surface area (Å²) >= 11 is 0. The maximum Gasteiger partial charge on any atom is 0.191 e. The molecule has 2 rings (SSSR count). The molecule has 0 aromatic heterocycles. The van der Waals surface area contributed by atoms with Crippen LogP contribution in [0.4, 0.5) is 8.78 Å². The molecule has 0 fully saturated rings. The van der Waals surface area contributed by atoms with Gasteiger partial charge in [0.1, 0.15) is 18.2 Å². The molecule has 2 aromatic rings. The van der Waals surface area contributed by atoms with E-state index in [0.717, 1.165) is 37.3 Å². The Balaban J connectivity index is 0.00000512. The highest BCUT2D eigenvalue weighted by atomic mass is 127. The Morgan fingerprint density at radius 2 is 1.72 bits per heavy atom. The third-order valence-electron chi connectivity index (χ3n) is 4.93. The molecule has 9 heteroatoms. The van der Waals surface area contributed by atoms with Crippen molar-refractivity contribution in [2.45, 2.75) is 26.9 Å². The normalized spacial score (nSPS) is 11.2. The quantitative estimate of drug-likeness (QED) is 0.245. The average Bonchev–Trinajstić information content (AvgIpc) is 2.79. The van der Waals surface area contributed by atoms with Crippen LogP contribution < -0.4 is 20.1 Å². The molecule has 0 radical (unpaired) electrons. The fraction of sp³-hybridized carbons (Fsp3) is 0.435. The van der Waals surface area contributed by atoms with Crippen molar-refractivity contribution in [3.63, 3.8) is 0 Å². The minimum atomic E-state index is -0.479. The van der Waals surface area contributed by atoms with Gasteiger partial charge in [-0.15, -0.1) is 24.0 Å². The van der Waals surface area contributed by atoms with E-state index in [1.807, 2.05) is 18.2 Å². The second kappa shape index (κ2) is 14.8. The number of guanidine groups is 1. The van der Waals surface area contributed by atoms with Crippen LogP contribution in [0.1, 0.15) is 25.0 Å². The van der Waals surface area contributed by atoms with Crippen LogP contribution in [0.25, 0.3) is 0 Å². The largest absolute Gasteiger partial charge is 0.493 e. The third-order valence-corrected chi connectivity index (χ3v) is 4.93. The first-order chi connectivity index (χ1) is 15.0. The van der Waals surface area contributed by atoms with Gasteiger partial charge in [0, 0.05) is 32.2 Å². The highest BCUT2D eigenvalue weighted by molar-refractivity contribution is 14.0. The van der Waals surface area contributed by atoms with E-state index in [2.05, 4.69) is 34.4 Å². The van der Waals surface area contributed by atoms with Crippen molar-refractivity contribution >= 4 is 29.9 Å². The maximum atomic E-state index is 13.8. The molecule has 0 amide bonds. The molecule has 0 heterocycles. The summed E-state index contributed by atoms with van der Waals surface area (Å²) in [4.78, 5) is 6.41. The zero-order valence-electron chi connectivity index (χ0n) is 19.1. The molecule has 2 N–H and O–H groups in total. The molecular weight excluding hydrogens is 529 g/mol. The van der Waals surface area contributed by atoms with Crippen LogP contribution in [0.2, 0.25) is 0 Å². The van der Waals surface area contributed by atoms with Gasteiger partial charge in [0.05, 0.1) is 7.11 Å². The summed E-state index contributed by atoms with van der Waals surface area (Å²) in [6.45, 7) is 8.27. The summed E-state index contributed by atoms with van der Waals surface area (Å²) in [6, 6.07) is 9.10. The SMILES string of the molecule is CCN(CC)CCOc1ccc(CNC(=NC)NCc2cc(F)ccc2F)cc1OC.I. The summed E-state index contributed by atoms with van der Waals surface area (Å²) in [5.74, 6) is 0.881. The summed E-state index contributed by atoms with van der Waals surface area (Å²) in [5, 5.41) is 6.14. The predicted molar refractivity (Wildman–Crippen MR) is 135 cm³/mol. The van der Waals surface area contributed by atoms with Crippen molar-refractivity contribution in [1.82, 2.24) is 15.5 Å². The number of methoxy groups -OCH3 is 1. The molecule has 0 aliphatic heterocycles. The predicted octanol–water partition coefficient (Wildman–Crippen LogP) is 4.18. The molecule has 0 aliphatic carbocycles. The fourth-order valence-electron chi connectivity index (χ4n) is 3.03. The monoisotopic (exact) mass is 562 g/mol. The first-order valence-corrected chi connectivity index (χ1v) is 10.4. The molecule has 0 aliphatic rings. The van der Waals surface area contributed by atoms with Crippen molar-refractivity contribution < 1.29 is 18.3 Å². The van der Waals surface area contributed by atoms with E-state index >= 15 is 0 Å². The van der Waals surface area contributed by atoms with Gasteiger partial charge in [0.15, 0.2) is 17.5 Å². The van der Waals surface area contributed by atoms with E-state index in [-0.39, 0.29) is 36.1 Å². The summed E-state index contributed by atoms with van der Waals surface area (Å²) in [6.07, 6.45) is 0. The van der Waals surface area contributed by atoms with Crippen molar-refractivity contribution in [3.8, 4) is 11.5 Å². The Hall–Kier alpha value is -2.14. The van der Waals surface area contributed by atoms with Gasteiger partial charge in [0.25, 0.3) is 0 Å². The fourth-order valence-corrected chi connectivity index (χ4v) is 3.03. The number of halogens is 3. The zero-order valence-corrected chi connectivity index (χ0v) is 21.4. The van der Waals surface area contributed by atoms with Gasteiger partial charge in [-0.3, -0.25) is 4.99 Å². The van der Waals surface area contributed by atoms with Gasteiger partial charge in [-0.25, -0.2) is 8.78 Å². The van der Waals surface area contributed by atoms with E-state index in [0.29, 0.717) is 30.6 Å². The Kier molecular flexibility index (Phi) is 12.9. The molecular formula is C23H33F2IN4O2. The van der Waals surface area contributed by atoms with E-state index in [1.54, 1.807) is 14.2 Å². The van der Waals surface area contributed by atoms with Gasteiger partial charge in [0.2, 0.25) is 0 Å². The summed E-state index contributed by atoms with van der Waals surface area (Å²) < 4.78 is 38.4. The first kappa shape index (κ1) is 27.9. The highest BCUT2D eigenvalue weighted by Crippen LogP contribution is 2.28. The lowest BCUT2D eigenvalue weighted by molar-refractivity contribution is 0.217. The number of rotatable bonds is 11. The van der Waals surface area contributed by atoms with Crippen LogP contribution in [-0.4, -0.2) is 51.3 Å². The second-order valence-electron chi connectivity index (χ2n) is 6.88. The Morgan fingerprint density at radius 3 is 2.38 bits per heavy atom. The van der Waals surface area contributed by atoms with E-state index in [1.165, 1.54) is 6.07 Å². The molecule has 0 atom stereocenters.